The van der Waals surface area contributed by atoms with Crippen LogP contribution in [-0.2, 0) is 6.54 Å². The summed E-state index contributed by atoms with van der Waals surface area (Å²) < 4.78 is 0. The average molecular weight is 275 g/mol. The number of nitrogens with one attached hydrogen (secondary N) is 1. The number of hydrogen-bond donors (Lipinski definition) is 2. The Bertz CT molecular complexity index is 441. The summed E-state index contributed by atoms with van der Waals surface area (Å²) in [5.74, 6) is -0.351. The van der Waals surface area contributed by atoms with E-state index in [0.29, 0.717) is 11.6 Å². The van der Waals surface area contributed by atoms with Crippen molar-refractivity contribution in [1.29, 1.82) is 0 Å². The van der Waals surface area contributed by atoms with Crippen molar-refractivity contribution < 1.29 is 4.79 Å². The first kappa shape index (κ1) is 15.0. The Labute approximate surface area is 121 Å². The van der Waals surface area contributed by atoms with Gasteiger partial charge < -0.3 is 11.1 Å². The van der Waals surface area contributed by atoms with E-state index in [1.54, 1.807) is 6.07 Å². The fraction of sp³-hybridized carbons (Fsp3) is 0.562. The molecule has 110 valence electrons. The van der Waals surface area contributed by atoms with Gasteiger partial charge in [-0.3, -0.25) is 9.69 Å². The second-order valence-corrected chi connectivity index (χ2v) is 5.52. The normalized spacial score (nSPS) is 16.5. The molecule has 0 spiro atoms. The van der Waals surface area contributed by atoms with Crippen LogP contribution in [0, 0.1) is 0 Å². The van der Waals surface area contributed by atoms with Crippen LogP contribution < -0.4 is 11.1 Å². The number of rotatable bonds is 6. The maximum Gasteiger partial charge on any atom is 0.248 e. The molecule has 0 bridgehead atoms. The van der Waals surface area contributed by atoms with Gasteiger partial charge in [-0.05, 0) is 56.6 Å². The summed E-state index contributed by atoms with van der Waals surface area (Å²) in [5, 5.41) is 3.41. The van der Waals surface area contributed by atoms with E-state index >= 15 is 0 Å². The molecule has 1 fully saturated rings. The maximum atomic E-state index is 11.3. The lowest BCUT2D eigenvalue weighted by atomic mass is 10.0. The summed E-state index contributed by atoms with van der Waals surface area (Å²) in [6, 6.07) is 8.35. The van der Waals surface area contributed by atoms with Gasteiger partial charge in [-0.25, -0.2) is 0 Å². The molecule has 1 saturated heterocycles. The molecule has 0 atom stereocenters. The Morgan fingerprint density at radius 1 is 1.40 bits per heavy atom. The van der Waals surface area contributed by atoms with Crippen molar-refractivity contribution in [2.75, 3.05) is 19.6 Å². The Hall–Kier alpha value is -1.39. The molecule has 2 rings (SSSR count). The Morgan fingerprint density at radius 3 is 2.80 bits per heavy atom. The highest BCUT2D eigenvalue weighted by atomic mass is 16.1. The zero-order chi connectivity index (χ0) is 14.4. The summed E-state index contributed by atoms with van der Waals surface area (Å²) >= 11 is 0. The third kappa shape index (κ3) is 4.05. The molecule has 1 aliphatic heterocycles. The fourth-order valence-corrected chi connectivity index (χ4v) is 2.91. The zero-order valence-electron chi connectivity index (χ0n) is 12.3. The molecule has 20 heavy (non-hydrogen) atoms. The van der Waals surface area contributed by atoms with Crippen LogP contribution >= 0.6 is 0 Å². The molecule has 1 aromatic rings. The van der Waals surface area contributed by atoms with Crippen LogP contribution in [0.25, 0.3) is 0 Å². The molecule has 0 radical (unpaired) electrons. The summed E-state index contributed by atoms with van der Waals surface area (Å²) in [7, 11) is 0. The minimum Gasteiger partial charge on any atom is -0.366 e. The van der Waals surface area contributed by atoms with E-state index in [1.165, 1.54) is 18.4 Å². The average Bonchev–Trinajstić information content (AvgIpc) is 2.48. The van der Waals surface area contributed by atoms with E-state index in [1.807, 2.05) is 12.1 Å². The molecule has 1 aromatic carbocycles. The van der Waals surface area contributed by atoms with Crippen LogP contribution in [0.1, 0.15) is 42.1 Å². The van der Waals surface area contributed by atoms with Crippen LogP contribution in [0.5, 0.6) is 0 Å². The number of nitrogens with zero attached hydrogens (tertiary/aromatic N) is 1. The summed E-state index contributed by atoms with van der Waals surface area (Å²) in [6.45, 7) is 6.43. The van der Waals surface area contributed by atoms with Gasteiger partial charge in [-0.15, -0.1) is 0 Å². The fourth-order valence-electron chi connectivity index (χ4n) is 2.91. The first-order valence-corrected chi connectivity index (χ1v) is 7.54. The SMILES string of the molecule is CCCN(Cc1cccc(C(N)=O)c1)C1CCNCC1. The van der Waals surface area contributed by atoms with Gasteiger partial charge in [0.1, 0.15) is 0 Å². The third-order valence-corrected chi connectivity index (χ3v) is 3.93. The summed E-state index contributed by atoms with van der Waals surface area (Å²) in [4.78, 5) is 13.8. The lowest BCUT2D eigenvalue weighted by Crippen LogP contribution is -2.43. The predicted molar refractivity (Wildman–Crippen MR) is 81.6 cm³/mol. The minimum atomic E-state index is -0.351. The highest BCUT2D eigenvalue weighted by Crippen LogP contribution is 2.17. The maximum absolute atomic E-state index is 11.3. The van der Waals surface area contributed by atoms with E-state index in [9.17, 15) is 4.79 Å². The molecule has 1 amide bonds. The van der Waals surface area contributed by atoms with Crippen molar-refractivity contribution in [1.82, 2.24) is 10.2 Å². The Kier molecular flexibility index (Phi) is 5.56. The van der Waals surface area contributed by atoms with Crippen LogP contribution in [0.2, 0.25) is 0 Å². The number of primary amides is 1. The number of carbonyl (C=O) groups is 1. The van der Waals surface area contributed by atoms with Gasteiger partial charge in [-0.2, -0.15) is 0 Å². The number of nitrogens with two attached hydrogens (primary N) is 1. The van der Waals surface area contributed by atoms with Crippen molar-refractivity contribution in [3.05, 3.63) is 35.4 Å². The van der Waals surface area contributed by atoms with Crippen molar-refractivity contribution in [3.63, 3.8) is 0 Å². The molecule has 3 N–H and O–H groups in total. The molecule has 0 unspecified atom stereocenters. The van der Waals surface area contributed by atoms with Gasteiger partial charge in [0.15, 0.2) is 0 Å². The summed E-state index contributed by atoms with van der Waals surface area (Å²) in [5.41, 5.74) is 7.13. The van der Waals surface area contributed by atoms with Crippen molar-refractivity contribution >= 4 is 5.91 Å². The molecule has 0 saturated carbocycles. The first-order chi connectivity index (χ1) is 9.70. The molecular formula is C16H25N3O. The number of amides is 1. The number of piperidine rings is 1. The Balaban J connectivity index is 2.06. The van der Waals surface area contributed by atoms with Gasteiger partial charge in [-0.1, -0.05) is 19.1 Å². The van der Waals surface area contributed by atoms with E-state index in [2.05, 4.69) is 23.2 Å². The molecule has 0 aromatic heterocycles. The smallest absolute Gasteiger partial charge is 0.248 e. The second kappa shape index (κ2) is 7.41. The van der Waals surface area contributed by atoms with E-state index in [4.69, 9.17) is 5.73 Å². The molecular weight excluding hydrogens is 250 g/mol. The van der Waals surface area contributed by atoms with Gasteiger partial charge >= 0.3 is 0 Å². The van der Waals surface area contributed by atoms with Crippen LogP contribution in [-0.4, -0.2) is 36.5 Å². The third-order valence-electron chi connectivity index (χ3n) is 3.93. The van der Waals surface area contributed by atoms with Crippen LogP contribution in [0.3, 0.4) is 0 Å². The van der Waals surface area contributed by atoms with Gasteiger partial charge in [0.05, 0.1) is 0 Å². The van der Waals surface area contributed by atoms with E-state index < -0.39 is 0 Å². The molecule has 0 aliphatic carbocycles. The lowest BCUT2D eigenvalue weighted by molar-refractivity contribution is 0.1000. The van der Waals surface area contributed by atoms with E-state index in [0.717, 1.165) is 32.6 Å². The largest absolute Gasteiger partial charge is 0.366 e. The van der Waals surface area contributed by atoms with Crippen molar-refractivity contribution in [2.24, 2.45) is 5.73 Å². The monoisotopic (exact) mass is 275 g/mol. The standard InChI is InChI=1S/C16H25N3O/c1-2-10-19(15-6-8-18-9-7-15)12-13-4-3-5-14(11-13)16(17)20/h3-5,11,15,18H,2,6-10,12H2,1H3,(H2,17,20). The molecule has 1 aliphatic rings. The molecule has 4 nitrogen and oxygen atoms in total. The van der Waals surface area contributed by atoms with Crippen molar-refractivity contribution in [2.45, 2.75) is 38.8 Å². The minimum absolute atomic E-state index is 0.351. The van der Waals surface area contributed by atoms with E-state index in [-0.39, 0.29) is 5.91 Å². The van der Waals surface area contributed by atoms with Crippen LogP contribution in [0.4, 0.5) is 0 Å². The lowest BCUT2D eigenvalue weighted by Gasteiger charge is -2.34. The number of hydrogen-bond acceptors (Lipinski definition) is 3. The first-order valence-electron chi connectivity index (χ1n) is 7.54. The number of carbonyl (C=O) groups excluding carboxylic acids is 1. The van der Waals surface area contributed by atoms with Crippen LogP contribution in [0.15, 0.2) is 24.3 Å². The van der Waals surface area contributed by atoms with Gasteiger partial charge in [0.2, 0.25) is 5.91 Å². The van der Waals surface area contributed by atoms with Gasteiger partial charge in [0.25, 0.3) is 0 Å². The molecule has 4 heteroatoms. The Morgan fingerprint density at radius 2 is 2.15 bits per heavy atom. The highest BCUT2D eigenvalue weighted by Gasteiger charge is 2.20. The second-order valence-electron chi connectivity index (χ2n) is 5.52. The van der Waals surface area contributed by atoms with Crippen molar-refractivity contribution in [3.8, 4) is 0 Å². The highest BCUT2D eigenvalue weighted by molar-refractivity contribution is 5.92. The zero-order valence-corrected chi connectivity index (χ0v) is 12.3. The topological polar surface area (TPSA) is 58.4 Å². The molecule has 1 heterocycles. The van der Waals surface area contributed by atoms with Gasteiger partial charge in [0, 0.05) is 18.2 Å². The number of benzene rings is 1. The predicted octanol–water partition coefficient (Wildman–Crippen LogP) is 1.75. The quantitative estimate of drug-likeness (QED) is 0.831. The summed E-state index contributed by atoms with van der Waals surface area (Å²) in [6.07, 6.45) is 3.56.